The van der Waals surface area contributed by atoms with Crippen LogP contribution >= 0.6 is 0 Å². The first-order chi connectivity index (χ1) is 12.6. The second-order valence-corrected chi connectivity index (χ2v) is 5.65. The Labute approximate surface area is 146 Å². The minimum atomic E-state index is -0.532. The van der Waals surface area contributed by atoms with Gasteiger partial charge in [0, 0.05) is 34.9 Å². The maximum atomic E-state index is 12.4. The fourth-order valence-corrected chi connectivity index (χ4v) is 2.88. The van der Waals surface area contributed by atoms with Crippen molar-refractivity contribution in [3.05, 3.63) is 81.5 Å². The third-order valence-electron chi connectivity index (χ3n) is 4.13. The Morgan fingerprint density at radius 2 is 2.00 bits per heavy atom. The molecule has 2 aromatic heterocycles. The van der Waals surface area contributed by atoms with E-state index in [4.69, 9.17) is 0 Å². The molecule has 0 saturated heterocycles. The number of fused-ring (bicyclic) bond motifs is 1. The molecule has 26 heavy (non-hydrogen) atoms. The SMILES string of the molecule is O=c1c(O)c(-c2ccc(-n3ccnc3)c([N+](=O)[O-])c2)[nH]c2ccccc12. The number of nitrogens with one attached hydrogen (secondary N) is 1. The standard InChI is InChI=1S/C18H12N4O4/c23-17-12-3-1-2-4-13(12)20-16(18(17)24)11-5-6-14(15(9-11)22(25)26)21-8-7-19-10-21/h1-10,24H,(H,20,23). The van der Waals surface area contributed by atoms with Gasteiger partial charge >= 0.3 is 0 Å². The summed E-state index contributed by atoms with van der Waals surface area (Å²) in [5.74, 6) is -0.478. The van der Waals surface area contributed by atoms with Crippen molar-refractivity contribution in [1.82, 2.24) is 14.5 Å². The number of nitro groups is 1. The molecule has 0 spiro atoms. The average Bonchev–Trinajstić information content (AvgIpc) is 3.19. The predicted molar refractivity (Wildman–Crippen MR) is 95.4 cm³/mol. The number of aromatic nitrogens is 3. The van der Waals surface area contributed by atoms with Crippen molar-refractivity contribution >= 4 is 16.6 Å². The number of benzene rings is 2. The van der Waals surface area contributed by atoms with Crippen LogP contribution in [0.2, 0.25) is 0 Å². The Hall–Kier alpha value is -3.94. The van der Waals surface area contributed by atoms with Gasteiger partial charge in [0.05, 0.1) is 16.9 Å². The molecule has 0 fully saturated rings. The largest absolute Gasteiger partial charge is 0.503 e. The first-order valence-corrected chi connectivity index (χ1v) is 7.67. The molecule has 4 aromatic rings. The molecule has 0 aliphatic rings. The monoisotopic (exact) mass is 348 g/mol. The first-order valence-electron chi connectivity index (χ1n) is 7.67. The van der Waals surface area contributed by atoms with Gasteiger partial charge in [0.2, 0.25) is 5.43 Å². The van der Waals surface area contributed by atoms with Gasteiger partial charge in [-0.25, -0.2) is 4.98 Å². The third-order valence-corrected chi connectivity index (χ3v) is 4.13. The molecular weight excluding hydrogens is 336 g/mol. The number of nitro benzene ring substituents is 1. The zero-order chi connectivity index (χ0) is 18.3. The Bertz CT molecular complexity index is 1200. The predicted octanol–water partition coefficient (Wildman–Crippen LogP) is 2.99. The number of aromatic hydroxyl groups is 1. The van der Waals surface area contributed by atoms with Gasteiger partial charge in [0.1, 0.15) is 5.69 Å². The van der Waals surface area contributed by atoms with Crippen LogP contribution in [0.1, 0.15) is 0 Å². The summed E-state index contributed by atoms with van der Waals surface area (Å²) in [7, 11) is 0. The molecule has 2 N–H and O–H groups in total. The van der Waals surface area contributed by atoms with Crippen LogP contribution in [0.15, 0.2) is 66.0 Å². The van der Waals surface area contributed by atoms with Crippen molar-refractivity contribution in [3.8, 4) is 22.7 Å². The van der Waals surface area contributed by atoms with E-state index in [1.807, 2.05) is 0 Å². The van der Waals surface area contributed by atoms with Gasteiger partial charge in [0.15, 0.2) is 5.75 Å². The fraction of sp³-hybridized carbons (Fsp3) is 0. The highest BCUT2D eigenvalue weighted by atomic mass is 16.6. The molecule has 0 radical (unpaired) electrons. The summed E-state index contributed by atoms with van der Waals surface area (Å²) < 4.78 is 1.52. The molecule has 0 aliphatic carbocycles. The number of nitrogens with zero attached hydrogens (tertiary/aromatic N) is 3. The lowest BCUT2D eigenvalue weighted by molar-refractivity contribution is -0.384. The minimum absolute atomic E-state index is 0.133. The summed E-state index contributed by atoms with van der Waals surface area (Å²) in [4.78, 5) is 30.2. The van der Waals surface area contributed by atoms with Gasteiger partial charge in [-0.1, -0.05) is 18.2 Å². The van der Waals surface area contributed by atoms with E-state index in [1.54, 1.807) is 42.6 Å². The first kappa shape index (κ1) is 15.6. The summed E-state index contributed by atoms with van der Waals surface area (Å²) in [5.41, 5.74) is 0.630. The fourth-order valence-electron chi connectivity index (χ4n) is 2.88. The molecule has 4 rings (SSSR count). The smallest absolute Gasteiger partial charge is 0.293 e. The van der Waals surface area contributed by atoms with Crippen molar-refractivity contribution in [2.24, 2.45) is 0 Å². The van der Waals surface area contributed by atoms with Gasteiger partial charge in [0.25, 0.3) is 5.69 Å². The van der Waals surface area contributed by atoms with E-state index in [-0.39, 0.29) is 11.4 Å². The number of hydrogen-bond acceptors (Lipinski definition) is 5. The minimum Gasteiger partial charge on any atom is -0.503 e. The van der Waals surface area contributed by atoms with E-state index >= 15 is 0 Å². The van der Waals surface area contributed by atoms with Crippen LogP contribution in [-0.2, 0) is 0 Å². The molecule has 2 aromatic carbocycles. The van der Waals surface area contributed by atoms with Crippen molar-refractivity contribution in [2.45, 2.75) is 0 Å². The number of rotatable bonds is 3. The summed E-state index contributed by atoms with van der Waals surface area (Å²) in [6, 6.07) is 11.2. The maximum absolute atomic E-state index is 12.4. The van der Waals surface area contributed by atoms with E-state index < -0.39 is 16.1 Å². The maximum Gasteiger partial charge on any atom is 0.293 e. The highest BCUT2D eigenvalue weighted by Gasteiger charge is 2.19. The second kappa shape index (κ2) is 5.85. The molecule has 128 valence electrons. The van der Waals surface area contributed by atoms with Crippen LogP contribution < -0.4 is 5.43 Å². The Morgan fingerprint density at radius 3 is 2.73 bits per heavy atom. The number of pyridine rings is 1. The highest BCUT2D eigenvalue weighted by molar-refractivity contribution is 5.85. The number of aromatic amines is 1. The average molecular weight is 348 g/mol. The molecule has 8 heteroatoms. The summed E-state index contributed by atoms with van der Waals surface area (Å²) >= 11 is 0. The van der Waals surface area contributed by atoms with E-state index in [1.165, 1.54) is 23.2 Å². The summed E-state index contributed by atoms with van der Waals surface area (Å²) in [6.07, 6.45) is 4.57. The highest BCUT2D eigenvalue weighted by Crippen LogP contribution is 2.32. The Morgan fingerprint density at radius 1 is 1.19 bits per heavy atom. The van der Waals surface area contributed by atoms with E-state index in [2.05, 4.69) is 9.97 Å². The molecule has 0 bridgehead atoms. The Kier molecular flexibility index (Phi) is 3.51. The van der Waals surface area contributed by atoms with Crippen LogP contribution in [0.5, 0.6) is 5.75 Å². The number of para-hydroxylation sites is 1. The van der Waals surface area contributed by atoms with Crippen molar-refractivity contribution in [1.29, 1.82) is 0 Å². The van der Waals surface area contributed by atoms with Crippen molar-refractivity contribution < 1.29 is 10.0 Å². The van der Waals surface area contributed by atoms with E-state index in [0.717, 1.165) is 0 Å². The number of H-pyrrole nitrogens is 1. The third kappa shape index (κ3) is 2.40. The van der Waals surface area contributed by atoms with Gasteiger partial charge in [-0.3, -0.25) is 14.9 Å². The molecule has 2 heterocycles. The van der Waals surface area contributed by atoms with Gasteiger partial charge < -0.3 is 14.7 Å². The summed E-state index contributed by atoms with van der Waals surface area (Å²) in [5, 5.41) is 22.2. The lowest BCUT2D eigenvalue weighted by Crippen LogP contribution is -2.05. The molecular formula is C18H12N4O4. The van der Waals surface area contributed by atoms with Crippen LogP contribution in [0.25, 0.3) is 27.8 Å². The van der Waals surface area contributed by atoms with Gasteiger partial charge in [-0.15, -0.1) is 0 Å². The normalized spacial score (nSPS) is 10.9. The van der Waals surface area contributed by atoms with Crippen LogP contribution in [-0.4, -0.2) is 24.6 Å². The van der Waals surface area contributed by atoms with Gasteiger partial charge in [-0.05, 0) is 18.2 Å². The van der Waals surface area contributed by atoms with E-state index in [9.17, 15) is 20.0 Å². The molecule has 0 aliphatic heterocycles. The number of imidazole rings is 1. The molecule has 0 amide bonds. The van der Waals surface area contributed by atoms with Gasteiger partial charge in [-0.2, -0.15) is 0 Å². The molecule has 0 unspecified atom stereocenters. The van der Waals surface area contributed by atoms with Crippen molar-refractivity contribution in [3.63, 3.8) is 0 Å². The summed E-state index contributed by atoms with van der Waals surface area (Å²) in [6.45, 7) is 0. The molecule has 0 saturated carbocycles. The number of hydrogen-bond donors (Lipinski definition) is 2. The molecule has 0 atom stereocenters. The second-order valence-electron chi connectivity index (χ2n) is 5.65. The Balaban J connectivity index is 1.96. The quantitative estimate of drug-likeness (QED) is 0.436. The topological polar surface area (TPSA) is 114 Å². The van der Waals surface area contributed by atoms with Crippen LogP contribution in [0.4, 0.5) is 5.69 Å². The lowest BCUT2D eigenvalue weighted by atomic mass is 10.1. The zero-order valence-electron chi connectivity index (χ0n) is 13.3. The van der Waals surface area contributed by atoms with E-state index in [0.29, 0.717) is 22.2 Å². The zero-order valence-corrected chi connectivity index (χ0v) is 13.3. The van der Waals surface area contributed by atoms with Crippen LogP contribution in [0.3, 0.4) is 0 Å². The lowest BCUT2D eigenvalue weighted by Gasteiger charge is -2.09. The van der Waals surface area contributed by atoms with Crippen LogP contribution in [0, 0.1) is 10.1 Å². The van der Waals surface area contributed by atoms with Crippen molar-refractivity contribution in [2.75, 3.05) is 0 Å². The molecule has 8 nitrogen and oxygen atoms in total.